The molecule has 122 valence electrons. The highest BCUT2D eigenvalue weighted by Gasteiger charge is 2.22. The van der Waals surface area contributed by atoms with Crippen molar-refractivity contribution in [3.63, 3.8) is 0 Å². The van der Waals surface area contributed by atoms with Crippen LogP contribution in [0, 0.1) is 5.92 Å². The highest BCUT2D eigenvalue weighted by atomic mass is 16.4. The number of carbonyl (C=O) groups excluding carboxylic acids is 1. The molecule has 2 amide bonds. The van der Waals surface area contributed by atoms with Crippen LogP contribution in [-0.2, 0) is 4.79 Å². The van der Waals surface area contributed by atoms with E-state index in [1.54, 1.807) is 0 Å². The lowest BCUT2D eigenvalue weighted by molar-refractivity contribution is -0.137. The molecule has 2 N–H and O–H groups in total. The van der Waals surface area contributed by atoms with Crippen molar-refractivity contribution < 1.29 is 14.7 Å². The van der Waals surface area contributed by atoms with Crippen LogP contribution in [0.5, 0.6) is 0 Å². The number of hydrogen-bond acceptors (Lipinski definition) is 3. The average Bonchev–Trinajstić information content (AvgIpc) is 2.43. The monoisotopic (exact) mass is 299 g/mol. The second-order valence-electron chi connectivity index (χ2n) is 6.29. The summed E-state index contributed by atoms with van der Waals surface area (Å²) in [6.45, 7) is 9.82. The van der Waals surface area contributed by atoms with Crippen LogP contribution in [0.3, 0.4) is 0 Å². The molecule has 21 heavy (non-hydrogen) atoms. The maximum absolute atomic E-state index is 12.1. The molecular weight excluding hydrogens is 270 g/mol. The van der Waals surface area contributed by atoms with Gasteiger partial charge in [-0.2, -0.15) is 0 Å². The number of nitrogens with zero attached hydrogens (tertiary/aromatic N) is 2. The van der Waals surface area contributed by atoms with Crippen molar-refractivity contribution >= 4 is 12.0 Å². The Labute approximate surface area is 127 Å². The van der Waals surface area contributed by atoms with Crippen molar-refractivity contribution in [2.45, 2.75) is 46.1 Å². The molecule has 1 saturated heterocycles. The van der Waals surface area contributed by atoms with Crippen molar-refractivity contribution in [2.24, 2.45) is 5.92 Å². The van der Waals surface area contributed by atoms with E-state index in [9.17, 15) is 9.59 Å². The zero-order chi connectivity index (χ0) is 15.8. The molecule has 1 aliphatic heterocycles. The summed E-state index contributed by atoms with van der Waals surface area (Å²) in [5.74, 6) is -0.115. The maximum Gasteiger partial charge on any atom is 0.317 e. The van der Waals surface area contributed by atoms with Gasteiger partial charge in [0.2, 0.25) is 0 Å². The van der Waals surface area contributed by atoms with Crippen LogP contribution in [0.25, 0.3) is 0 Å². The number of carboxylic acids is 1. The van der Waals surface area contributed by atoms with Crippen molar-refractivity contribution in [2.75, 3.05) is 32.7 Å². The molecule has 6 nitrogen and oxygen atoms in total. The first-order valence-corrected chi connectivity index (χ1v) is 7.88. The summed E-state index contributed by atoms with van der Waals surface area (Å²) in [4.78, 5) is 26.6. The van der Waals surface area contributed by atoms with Crippen molar-refractivity contribution in [1.29, 1.82) is 0 Å². The molecule has 0 spiro atoms. The summed E-state index contributed by atoms with van der Waals surface area (Å²) in [7, 11) is 0. The van der Waals surface area contributed by atoms with Gasteiger partial charge in [0.15, 0.2) is 0 Å². The normalized spacial score (nSPS) is 17.8. The lowest BCUT2D eigenvalue weighted by Crippen LogP contribution is -2.53. The van der Waals surface area contributed by atoms with Crippen LogP contribution in [-0.4, -0.2) is 65.7 Å². The first kappa shape index (κ1) is 17.8. The van der Waals surface area contributed by atoms with E-state index in [0.29, 0.717) is 25.6 Å². The quantitative estimate of drug-likeness (QED) is 0.749. The van der Waals surface area contributed by atoms with E-state index in [4.69, 9.17) is 5.11 Å². The van der Waals surface area contributed by atoms with Gasteiger partial charge < -0.3 is 15.3 Å². The predicted octanol–water partition coefficient (Wildman–Crippen LogP) is 1.61. The maximum atomic E-state index is 12.1. The van der Waals surface area contributed by atoms with Gasteiger partial charge in [-0.3, -0.25) is 9.69 Å². The van der Waals surface area contributed by atoms with Gasteiger partial charge in [0.05, 0.1) is 6.42 Å². The first-order chi connectivity index (χ1) is 9.88. The Morgan fingerprint density at radius 2 is 1.71 bits per heavy atom. The average molecular weight is 299 g/mol. The van der Waals surface area contributed by atoms with Gasteiger partial charge >= 0.3 is 12.0 Å². The molecule has 1 aliphatic rings. The van der Waals surface area contributed by atoms with Gasteiger partial charge in [-0.05, 0) is 25.7 Å². The van der Waals surface area contributed by atoms with Crippen LogP contribution in [0.4, 0.5) is 4.79 Å². The van der Waals surface area contributed by atoms with Crippen LogP contribution in [0.15, 0.2) is 0 Å². The molecule has 0 aromatic heterocycles. The fourth-order valence-corrected chi connectivity index (χ4v) is 2.39. The van der Waals surface area contributed by atoms with Gasteiger partial charge in [-0.25, -0.2) is 4.79 Å². The van der Waals surface area contributed by atoms with Crippen LogP contribution < -0.4 is 5.32 Å². The van der Waals surface area contributed by atoms with Crippen molar-refractivity contribution in [1.82, 2.24) is 15.1 Å². The van der Waals surface area contributed by atoms with Gasteiger partial charge in [0.25, 0.3) is 0 Å². The third-order valence-electron chi connectivity index (χ3n) is 3.85. The van der Waals surface area contributed by atoms with Gasteiger partial charge in [-0.15, -0.1) is 0 Å². The zero-order valence-corrected chi connectivity index (χ0v) is 13.5. The number of carboxylic acid groups (broad SMARTS) is 1. The predicted molar refractivity (Wildman–Crippen MR) is 82.3 cm³/mol. The van der Waals surface area contributed by atoms with E-state index < -0.39 is 5.97 Å². The molecule has 1 unspecified atom stereocenters. The Morgan fingerprint density at radius 3 is 2.24 bits per heavy atom. The molecule has 0 aromatic carbocycles. The molecule has 0 bridgehead atoms. The summed E-state index contributed by atoms with van der Waals surface area (Å²) in [5, 5.41) is 11.7. The first-order valence-electron chi connectivity index (χ1n) is 7.88. The third kappa shape index (κ3) is 7.32. The molecule has 0 aliphatic carbocycles. The van der Waals surface area contributed by atoms with Gasteiger partial charge in [-0.1, -0.05) is 13.8 Å². The highest BCUT2D eigenvalue weighted by Crippen LogP contribution is 2.08. The van der Waals surface area contributed by atoms with E-state index in [-0.39, 0.29) is 18.5 Å². The van der Waals surface area contributed by atoms with Crippen molar-refractivity contribution in [3.05, 3.63) is 0 Å². The van der Waals surface area contributed by atoms with E-state index in [1.165, 1.54) is 0 Å². The molecule has 1 atom stereocenters. The van der Waals surface area contributed by atoms with Crippen LogP contribution >= 0.6 is 0 Å². The number of aliphatic carboxylic acids is 1. The fourth-order valence-electron chi connectivity index (χ4n) is 2.39. The van der Waals surface area contributed by atoms with Crippen LogP contribution in [0.1, 0.15) is 40.0 Å². The topological polar surface area (TPSA) is 72.9 Å². The Kier molecular flexibility index (Phi) is 7.50. The van der Waals surface area contributed by atoms with E-state index >= 15 is 0 Å². The van der Waals surface area contributed by atoms with E-state index in [0.717, 1.165) is 25.9 Å². The number of urea groups is 1. The number of carbonyl (C=O) groups is 2. The minimum Gasteiger partial charge on any atom is -0.481 e. The standard InChI is InChI=1S/C15H29N3O3/c1-12(2)4-5-13(3)16-15(21)18-10-8-17(9-11-18)7-6-14(19)20/h12-13H,4-11H2,1-3H3,(H,16,21)(H,19,20). The lowest BCUT2D eigenvalue weighted by atomic mass is 10.0. The van der Waals surface area contributed by atoms with Crippen LogP contribution in [0.2, 0.25) is 0 Å². The zero-order valence-electron chi connectivity index (χ0n) is 13.5. The molecule has 1 heterocycles. The molecule has 6 heteroatoms. The summed E-state index contributed by atoms with van der Waals surface area (Å²) >= 11 is 0. The summed E-state index contributed by atoms with van der Waals surface area (Å²) < 4.78 is 0. The number of nitrogens with one attached hydrogen (secondary N) is 1. The number of rotatable bonds is 7. The van der Waals surface area contributed by atoms with Crippen molar-refractivity contribution in [3.8, 4) is 0 Å². The highest BCUT2D eigenvalue weighted by molar-refractivity contribution is 5.74. The molecule has 1 fully saturated rings. The Hall–Kier alpha value is -1.30. The second-order valence-corrected chi connectivity index (χ2v) is 6.29. The minimum atomic E-state index is -0.769. The molecular formula is C15H29N3O3. The minimum absolute atomic E-state index is 0.00383. The smallest absolute Gasteiger partial charge is 0.317 e. The number of piperazine rings is 1. The largest absolute Gasteiger partial charge is 0.481 e. The molecule has 0 radical (unpaired) electrons. The lowest BCUT2D eigenvalue weighted by Gasteiger charge is -2.35. The number of hydrogen-bond donors (Lipinski definition) is 2. The number of amides is 2. The fraction of sp³-hybridized carbons (Fsp3) is 0.867. The van der Waals surface area contributed by atoms with Gasteiger partial charge in [0.1, 0.15) is 0 Å². The SMILES string of the molecule is CC(C)CCC(C)NC(=O)N1CCN(CCC(=O)O)CC1. The molecule has 1 rings (SSSR count). The van der Waals surface area contributed by atoms with E-state index in [1.807, 2.05) is 11.8 Å². The Balaban J connectivity index is 2.23. The van der Waals surface area contributed by atoms with E-state index in [2.05, 4.69) is 24.1 Å². The van der Waals surface area contributed by atoms with Gasteiger partial charge in [0, 0.05) is 38.8 Å². The summed E-state index contributed by atoms with van der Waals surface area (Å²) in [5.41, 5.74) is 0. The summed E-state index contributed by atoms with van der Waals surface area (Å²) in [6.07, 6.45) is 2.28. The molecule has 0 saturated carbocycles. The third-order valence-corrected chi connectivity index (χ3v) is 3.85. The Morgan fingerprint density at radius 1 is 1.10 bits per heavy atom. The second kappa shape index (κ2) is 8.87. The molecule has 0 aromatic rings. The Bertz CT molecular complexity index is 339. The summed E-state index contributed by atoms with van der Waals surface area (Å²) in [6, 6.07) is 0.203.